The van der Waals surface area contributed by atoms with Gasteiger partial charge in [-0.2, -0.15) is 0 Å². The molecule has 4 nitrogen and oxygen atoms in total. The van der Waals surface area contributed by atoms with Crippen molar-refractivity contribution in [1.29, 1.82) is 0 Å². The van der Waals surface area contributed by atoms with Gasteiger partial charge in [-0.3, -0.25) is 0 Å². The number of aliphatic hydroxyl groups is 2. The number of hydrogen-bond acceptors (Lipinski definition) is 5. The van der Waals surface area contributed by atoms with Gasteiger partial charge in [0.2, 0.25) is 5.72 Å². The summed E-state index contributed by atoms with van der Waals surface area (Å²) in [6.45, 7) is -0.361. The standard InChI is InChI=1S/C10H11NO3S/c12-4-7-2-1-3-8-9(7)14-10(5-13,6-15)11-8/h1-3,6,11-13H,4-5H2. The predicted octanol–water partition coefficient (Wildman–Crippen LogP) is 0.671. The summed E-state index contributed by atoms with van der Waals surface area (Å²) in [7, 11) is 0. The topological polar surface area (TPSA) is 61.7 Å². The van der Waals surface area contributed by atoms with Crippen molar-refractivity contribution in [3.05, 3.63) is 23.8 Å². The largest absolute Gasteiger partial charge is 0.459 e. The molecule has 5 heteroatoms. The first kappa shape index (κ1) is 10.4. The molecule has 1 aliphatic rings. The Morgan fingerprint density at radius 3 is 2.87 bits per heavy atom. The predicted molar refractivity (Wildman–Crippen MR) is 60.1 cm³/mol. The number of anilines is 1. The summed E-state index contributed by atoms with van der Waals surface area (Å²) in [5, 5.41) is 22.6. The van der Waals surface area contributed by atoms with Gasteiger partial charge in [-0.1, -0.05) is 24.4 Å². The van der Waals surface area contributed by atoms with Crippen molar-refractivity contribution in [3.63, 3.8) is 0 Å². The molecule has 0 saturated heterocycles. The molecule has 80 valence electrons. The normalized spacial score (nSPS) is 22.8. The first-order valence-electron chi connectivity index (χ1n) is 4.52. The summed E-state index contributed by atoms with van der Waals surface area (Å²) in [6, 6.07) is 5.37. The molecule has 1 heterocycles. The van der Waals surface area contributed by atoms with E-state index >= 15 is 0 Å². The van der Waals surface area contributed by atoms with Crippen LogP contribution in [0, 0.1) is 0 Å². The van der Waals surface area contributed by atoms with Gasteiger partial charge in [0.25, 0.3) is 0 Å². The van der Waals surface area contributed by atoms with Gasteiger partial charge in [0.05, 0.1) is 12.3 Å². The van der Waals surface area contributed by atoms with Crippen LogP contribution in [-0.2, 0) is 6.61 Å². The summed E-state index contributed by atoms with van der Waals surface area (Å²) in [4.78, 5) is 0. The summed E-state index contributed by atoms with van der Waals surface area (Å²) < 4.78 is 5.53. The fraction of sp³-hybridized carbons (Fsp3) is 0.300. The third-order valence-corrected chi connectivity index (χ3v) is 2.70. The Labute approximate surface area is 92.5 Å². The van der Waals surface area contributed by atoms with Crippen LogP contribution in [0.1, 0.15) is 5.56 Å². The first-order valence-corrected chi connectivity index (χ1v) is 4.99. The monoisotopic (exact) mass is 225 g/mol. The second kappa shape index (κ2) is 3.77. The van der Waals surface area contributed by atoms with Crippen molar-refractivity contribution in [2.45, 2.75) is 12.3 Å². The molecule has 0 fully saturated rings. The van der Waals surface area contributed by atoms with Crippen molar-refractivity contribution >= 4 is 23.3 Å². The van der Waals surface area contributed by atoms with Crippen LogP contribution in [-0.4, -0.2) is 27.9 Å². The average Bonchev–Trinajstić information content (AvgIpc) is 2.68. The van der Waals surface area contributed by atoms with Gasteiger partial charge in [-0.05, 0) is 6.07 Å². The minimum atomic E-state index is -1.04. The van der Waals surface area contributed by atoms with Gasteiger partial charge in [0.15, 0.2) is 5.75 Å². The number of benzene rings is 1. The average molecular weight is 225 g/mol. The maximum atomic E-state index is 9.20. The molecule has 3 N–H and O–H groups in total. The van der Waals surface area contributed by atoms with E-state index in [9.17, 15) is 5.11 Å². The molecular formula is C10H11NO3S. The van der Waals surface area contributed by atoms with E-state index in [0.717, 1.165) is 5.69 Å². The SMILES string of the molecule is OCc1cccc2c1OC(C=S)(CO)N2. The highest BCUT2D eigenvalue weighted by Gasteiger charge is 2.37. The van der Waals surface area contributed by atoms with E-state index in [1.165, 1.54) is 5.37 Å². The van der Waals surface area contributed by atoms with Crippen LogP contribution in [0.5, 0.6) is 5.75 Å². The lowest BCUT2D eigenvalue weighted by Crippen LogP contribution is -2.45. The lowest BCUT2D eigenvalue weighted by molar-refractivity contribution is 0.107. The molecular weight excluding hydrogens is 214 g/mol. The van der Waals surface area contributed by atoms with Crippen LogP contribution in [0.15, 0.2) is 18.2 Å². The lowest BCUT2D eigenvalue weighted by Gasteiger charge is -2.21. The third-order valence-electron chi connectivity index (χ3n) is 2.32. The molecule has 0 aliphatic carbocycles. The number of thiocarbonyl (C=S) groups is 1. The highest BCUT2D eigenvalue weighted by molar-refractivity contribution is 7.79. The van der Waals surface area contributed by atoms with Crippen molar-refractivity contribution in [2.24, 2.45) is 0 Å². The van der Waals surface area contributed by atoms with Gasteiger partial charge in [0, 0.05) is 10.9 Å². The Hall–Kier alpha value is -1.17. The smallest absolute Gasteiger partial charge is 0.233 e. The number of ether oxygens (including phenoxy) is 1. The maximum Gasteiger partial charge on any atom is 0.233 e. The van der Waals surface area contributed by atoms with Crippen LogP contribution in [0.3, 0.4) is 0 Å². The molecule has 2 rings (SSSR count). The van der Waals surface area contributed by atoms with Crippen LogP contribution < -0.4 is 10.1 Å². The van der Waals surface area contributed by atoms with Crippen LogP contribution >= 0.6 is 12.2 Å². The van der Waals surface area contributed by atoms with Crippen LogP contribution in [0.4, 0.5) is 5.69 Å². The second-order valence-corrected chi connectivity index (χ2v) is 3.58. The van der Waals surface area contributed by atoms with Gasteiger partial charge >= 0.3 is 0 Å². The summed E-state index contributed by atoms with van der Waals surface area (Å²) >= 11 is 4.81. The van der Waals surface area contributed by atoms with E-state index < -0.39 is 5.72 Å². The third kappa shape index (κ3) is 1.58. The van der Waals surface area contributed by atoms with Crippen LogP contribution in [0.25, 0.3) is 0 Å². The van der Waals surface area contributed by atoms with Gasteiger partial charge in [-0.15, -0.1) is 0 Å². The Morgan fingerprint density at radius 1 is 1.47 bits per heavy atom. The van der Waals surface area contributed by atoms with Crippen molar-refractivity contribution in [2.75, 3.05) is 11.9 Å². The lowest BCUT2D eigenvalue weighted by atomic mass is 10.2. The van der Waals surface area contributed by atoms with Crippen molar-refractivity contribution in [1.82, 2.24) is 0 Å². The van der Waals surface area contributed by atoms with Gasteiger partial charge in [0.1, 0.15) is 6.61 Å². The molecule has 0 spiro atoms. The number of para-hydroxylation sites is 1. The molecule has 0 amide bonds. The van der Waals surface area contributed by atoms with E-state index in [2.05, 4.69) is 5.32 Å². The van der Waals surface area contributed by atoms with E-state index in [4.69, 9.17) is 22.1 Å². The summed E-state index contributed by atoms with van der Waals surface area (Å²) in [5.74, 6) is 0.551. The molecule has 0 aromatic heterocycles. The Kier molecular flexibility index (Phi) is 2.60. The quantitative estimate of drug-likeness (QED) is 0.660. The molecule has 1 aromatic carbocycles. The van der Waals surface area contributed by atoms with E-state index in [0.29, 0.717) is 11.3 Å². The minimum Gasteiger partial charge on any atom is -0.459 e. The number of rotatable bonds is 3. The number of aliphatic hydroxyl groups excluding tert-OH is 2. The second-order valence-electron chi connectivity index (χ2n) is 3.34. The summed E-state index contributed by atoms with van der Waals surface area (Å²) in [5.41, 5.74) is 0.368. The van der Waals surface area contributed by atoms with Crippen molar-refractivity contribution < 1.29 is 14.9 Å². The molecule has 1 atom stereocenters. The van der Waals surface area contributed by atoms with E-state index in [-0.39, 0.29) is 13.2 Å². The molecule has 1 aromatic rings. The fourth-order valence-corrected chi connectivity index (χ4v) is 1.71. The number of hydrogen-bond donors (Lipinski definition) is 3. The van der Waals surface area contributed by atoms with E-state index in [1.54, 1.807) is 12.1 Å². The Morgan fingerprint density at radius 2 is 2.27 bits per heavy atom. The Bertz CT molecular complexity index is 396. The molecule has 0 radical (unpaired) electrons. The van der Waals surface area contributed by atoms with Crippen LogP contribution in [0.2, 0.25) is 0 Å². The molecule has 15 heavy (non-hydrogen) atoms. The molecule has 1 aliphatic heterocycles. The number of fused-ring (bicyclic) bond motifs is 1. The van der Waals surface area contributed by atoms with Gasteiger partial charge in [-0.25, -0.2) is 0 Å². The van der Waals surface area contributed by atoms with Crippen molar-refractivity contribution in [3.8, 4) is 5.75 Å². The number of nitrogens with one attached hydrogen (secondary N) is 1. The highest BCUT2D eigenvalue weighted by atomic mass is 32.1. The Balaban J connectivity index is 2.41. The van der Waals surface area contributed by atoms with E-state index in [1.807, 2.05) is 6.07 Å². The fourth-order valence-electron chi connectivity index (χ4n) is 1.53. The maximum absolute atomic E-state index is 9.20. The molecule has 0 bridgehead atoms. The minimum absolute atomic E-state index is 0.107. The highest BCUT2D eigenvalue weighted by Crippen LogP contribution is 2.38. The van der Waals surface area contributed by atoms with Gasteiger partial charge < -0.3 is 20.3 Å². The molecule has 0 saturated carbocycles. The zero-order valence-electron chi connectivity index (χ0n) is 7.93. The zero-order valence-corrected chi connectivity index (χ0v) is 8.75. The zero-order chi connectivity index (χ0) is 10.9. The molecule has 1 unspecified atom stereocenters. The first-order chi connectivity index (χ1) is 7.24. The summed E-state index contributed by atoms with van der Waals surface area (Å²) in [6.07, 6.45) is 0.